The average molecular weight is 268 g/mol. The van der Waals surface area contributed by atoms with E-state index in [1.807, 2.05) is 11.6 Å². The number of nitrogens with one attached hydrogen (secondary N) is 1. The summed E-state index contributed by atoms with van der Waals surface area (Å²) in [7, 11) is 1.58. The summed E-state index contributed by atoms with van der Waals surface area (Å²) in [6.07, 6.45) is 0.387. The third-order valence-electron chi connectivity index (χ3n) is 3.18. The lowest BCUT2D eigenvalue weighted by molar-refractivity contribution is -0.122. The zero-order chi connectivity index (χ0) is 13.7. The highest BCUT2D eigenvalue weighted by Crippen LogP contribution is 2.14. The van der Waals surface area contributed by atoms with Gasteiger partial charge in [-0.05, 0) is 6.92 Å². The Labute approximate surface area is 112 Å². The van der Waals surface area contributed by atoms with Gasteiger partial charge in [0.2, 0.25) is 5.91 Å². The van der Waals surface area contributed by atoms with E-state index in [9.17, 15) is 4.79 Å². The van der Waals surface area contributed by atoms with Crippen molar-refractivity contribution in [2.24, 2.45) is 5.92 Å². The van der Waals surface area contributed by atoms with Crippen molar-refractivity contribution in [1.29, 1.82) is 0 Å². The first-order chi connectivity index (χ1) is 9.20. The Morgan fingerprint density at radius 1 is 1.63 bits per heavy atom. The van der Waals surface area contributed by atoms with Gasteiger partial charge in [0.25, 0.3) is 0 Å². The summed E-state index contributed by atoms with van der Waals surface area (Å²) in [6.45, 7) is 4.83. The Morgan fingerprint density at radius 2 is 2.47 bits per heavy atom. The van der Waals surface area contributed by atoms with E-state index in [2.05, 4.69) is 15.6 Å². The van der Waals surface area contributed by atoms with Crippen LogP contribution in [0.3, 0.4) is 0 Å². The number of amides is 1. The van der Waals surface area contributed by atoms with E-state index in [0.29, 0.717) is 32.8 Å². The lowest BCUT2D eigenvalue weighted by Gasteiger charge is -2.14. The Balaban J connectivity index is 1.84. The van der Waals surface area contributed by atoms with Gasteiger partial charge in [0.05, 0.1) is 31.2 Å². The van der Waals surface area contributed by atoms with Crippen molar-refractivity contribution in [3.63, 3.8) is 0 Å². The fourth-order valence-corrected chi connectivity index (χ4v) is 2.03. The minimum absolute atomic E-state index is 0.00101. The third kappa shape index (κ3) is 3.74. The highest BCUT2D eigenvalue weighted by molar-refractivity contribution is 5.75. The summed E-state index contributed by atoms with van der Waals surface area (Å²) >= 11 is 0. The molecular weight excluding hydrogens is 248 g/mol. The molecule has 0 aromatic carbocycles. The first-order valence-electron chi connectivity index (χ1n) is 6.43. The normalized spacial score (nSPS) is 18.7. The molecule has 2 heterocycles. The summed E-state index contributed by atoms with van der Waals surface area (Å²) in [5, 5.41) is 11.0. The topological polar surface area (TPSA) is 78.3 Å². The summed E-state index contributed by atoms with van der Waals surface area (Å²) in [4.78, 5) is 11.5. The zero-order valence-corrected chi connectivity index (χ0v) is 11.4. The fraction of sp³-hybridized carbons (Fsp3) is 0.750. The molecule has 0 saturated heterocycles. The van der Waals surface area contributed by atoms with Crippen molar-refractivity contribution in [2.75, 3.05) is 26.9 Å². The fourth-order valence-electron chi connectivity index (χ4n) is 2.03. The SMILES string of the molecule is COCCC(=O)NC[C@H]1COCc2c(C)nnn2C1. The van der Waals surface area contributed by atoms with E-state index >= 15 is 0 Å². The predicted molar refractivity (Wildman–Crippen MR) is 67.4 cm³/mol. The van der Waals surface area contributed by atoms with Crippen LogP contribution in [-0.4, -0.2) is 47.8 Å². The predicted octanol–water partition coefficient (Wildman–Crippen LogP) is -0.114. The second kappa shape index (κ2) is 6.63. The van der Waals surface area contributed by atoms with Crippen LogP contribution < -0.4 is 5.32 Å². The van der Waals surface area contributed by atoms with Crippen molar-refractivity contribution in [3.8, 4) is 0 Å². The van der Waals surface area contributed by atoms with Gasteiger partial charge in [-0.3, -0.25) is 4.79 Å². The van der Waals surface area contributed by atoms with Gasteiger partial charge in [-0.1, -0.05) is 5.21 Å². The summed E-state index contributed by atoms with van der Waals surface area (Å²) in [6, 6.07) is 0. The Hall–Kier alpha value is -1.47. The van der Waals surface area contributed by atoms with E-state index in [1.54, 1.807) is 7.11 Å². The number of rotatable bonds is 5. The molecule has 0 spiro atoms. The number of hydrogen-bond donors (Lipinski definition) is 1. The van der Waals surface area contributed by atoms with Crippen molar-refractivity contribution in [3.05, 3.63) is 11.4 Å². The van der Waals surface area contributed by atoms with Gasteiger partial charge in [-0.2, -0.15) is 0 Å². The average Bonchev–Trinajstić information content (AvgIpc) is 2.64. The summed E-state index contributed by atoms with van der Waals surface area (Å²) in [5.41, 5.74) is 1.93. The minimum Gasteiger partial charge on any atom is -0.384 e. The monoisotopic (exact) mass is 268 g/mol. The van der Waals surface area contributed by atoms with Crippen LogP contribution in [0.1, 0.15) is 17.8 Å². The molecule has 1 aromatic rings. The molecule has 19 heavy (non-hydrogen) atoms. The Kier molecular flexibility index (Phi) is 4.86. The molecule has 1 atom stereocenters. The van der Waals surface area contributed by atoms with Gasteiger partial charge in [0, 0.05) is 32.5 Å². The standard InChI is InChI=1S/C12H20N4O3/c1-9-11-8-19-7-10(6-16(11)15-14-9)5-13-12(17)3-4-18-2/h10H,3-8H2,1-2H3,(H,13,17)/t10-/m1/s1. The third-order valence-corrected chi connectivity index (χ3v) is 3.18. The van der Waals surface area contributed by atoms with Gasteiger partial charge < -0.3 is 14.8 Å². The van der Waals surface area contributed by atoms with Crippen molar-refractivity contribution in [1.82, 2.24) is 20.3 Å². The number of fused-ring (bicyclic) bond motifs is 1. The van der Waals surface area contributed by atoms with Crippen molar-refractivity contribution < 1.29 is 14.3 Å². The second-order valence-electron chi connectivity index (χ2n) is 4.73. The number of ether oxygens (including phenoxy) is 2. The lowest BCUT2D eigenvalue weighted by atomic mass is 10.1. The van der Waals surface area contributed by atoms with E-state index in [1.165, 1.54) is 0 Å². The summed E-state index contributed by atoms with van der Waals surface area (Å²) in [5.74, 6) is 0.218. The molecule has 1 aliphatic rings. The van der Waals surface area contributed by atoms with Gasteiger partial charge in [0.15, 0.2) is 0 Å². The Morgan fingerprint density at radius 3 is 3.26 bits per heavy atom. The molecule has 0 saturated carbocycles. The van der Waals surface area contributed by atoms with Crippen LogP contribution in [0.15, 0.2) is 0 Å². The molecule has 1 aromatic heterocycles. The molecule has 7 nitrogen and oxygen atoms in total. The molecule has 1 N–H and O–H groups in total. The van der Waals surface area contributed by atoms with Crippen LogP contribution in [0, 0.1) is 12.8 Å². The number of hydrogen-bond acceptors (Lipinski definition) is 5. The van der Waals surface area contributed by atoms with Crippen molar-refractivity contribution >= 4 is 5.91 Å². The molecule has 0 aliphatic carbocycles. The van der Waals surface area contributed by atoms with Gasteiger partial charge in [-0.15, -0.1) is 5.10 Å². The number of aromatic nitrogens is 3. The van der Waals surface area contributed by atoms with Crippen LogP contribution in [-0.2, 0) is 27.4 Å². The highest BCUT2D eigenvalue weighted by Gasteiger charge is 2.20. The molecule has 0 radical (unpaired) electrons. The van der Waals surface area contributed by atoms with Crippen LogP contribution in [0.2, 0.25) is 0 Å². The lowest BCUT2D eigenvalue weighted by Crippen LogP contribution is -2.33. The molecular formula is C12H20N4O3. The second-order valence-corrected chi connectivity index (χ2v) is 4.73. The van der Waals surface area contributed by atoms with Gasteiger partial charge in [0.1, 0.15) is 0 Å². The molecule has 1 aliphatic heterocycles. The molecule has 7 heteroatoms. The molecule has 1 amide bonds. The molecule has 106 valence electrons. The molecule has 2 rings (SSSR count). The van der Waals surface area contributed by atoms with E-state index in [-0.39, 0.29) is 11.8 Å². The smallest absolute Gasteiger partial charge is 0.222 e. The zero-order valence-electron chi connectivity index (χ0n) is 11.4. The van der Waals surface area contributed by atoms with Crippen LogP contribution >= 0.6 is 0 Å². The quantitative estimate of drug-likeness (QED) is 0.806. The van der Waals surface area contributed by atoms with Gasteiger partial charge in [-0.25, -0.2) is 4.68 Å². The maximum Gasteiger partial charge on any atom is 0.222 e. The van der Waals surface area contributed by atoms with Crippen molar-refractivity contribution in [2.45, 2.75) is 26.5 Å². The summed E-state index contributed by atoms with van der Waals surface area (Å²) < 4.78 is 12.3. The minimum atomic E-state index is 0.00101. The van der Waals surface area contributed by atoms with E-state index in [4.69, 9.17) is 9.47 Å². The number of carbonyl (C=O) groups excluding carboxylic acids is 1. The first-order valence-corrected chi connectivity index (χ1v) is 6.43. The van der Waals surface area contributed by atoms with Crippen LogP contribution in [0.25, 0.3) is 0 Å². The number of nitrogens with zero attached hydrogens (tertiary/aromatic N) is 3. The molecule has 0 bridgehead atoms. The number of aryl methyl sites for hydroxylation is 1. The maximum absolute atomic E-state index is 11.5. The van der Waals surface area contributed by atoms with E-state index in [0.717, 1.165) is 17.9 Å². The first kappa shape index (κ1) is 14.0. The number of carbonyl (C=O) groups is 1. The number of methoxy groups -OCH3 is 1. The maximum atomic E-state index is 11.5. The van der Waals surface area contributed by atoms with Crippen LogP contribution in [0.5, 0.6) is 0 Å². The van der Waals surface area contributed by atoms with Crippen LogP contribution in [0.4, 0.5) is 0 Å². The van der Waals surface area contributed by atoms with E-state index < -0.39 is 0 Å². The molecule has 0 fully saturated rings. The largest absolute Gasteiger partial charge is 0.384 e. The Bertz CT molecular complexity index is 433. The van der Waals surface area contributed by atoms with Gasteiger partial charge >= 0.3 is 0 Å². The molecule has 0 unspecified atom stereocenters. The highest BCUT2D eigenvalue weighted by atomic mass is 16.5.